The molecule has 1 fully saturated rings. The topological polar surface area (TPSA) is 117 Å². The number of carbonyl (C=O) groups is 4. The van der Waals surface area contributed by atoms with Crippen molar-refractivity contribution in [1.29, 1.82) is 0 Å². The van der Waals surface area contributed by atoms with Crippen molar-refractivity contribution in [2.75, 3.05) is 7.11 Å². The third kappa shape index (κ3) is 4.18. The van der Waals surface area contributed by atoms with Crippen molar-refractivity contribution in [3.05, 3.63) is 29.3 Å². The molecule has 5 atom stereocenters. The zero-order chi connectivity index (χ0) is 21.3. The Hall–Kier alpha value is -3.10. The van der Waals surface area contributed by atoms with Crippen molar-refractivity contribution in [3.8, 4) is 5.75 Å². The van der Waals surface area contributed by atoms with E-state index in [0.29, 0.717) is 16.9 Å². The summed E-state index contributed by atoms with van der Waals surface area (Å²) in [6, 6.07) is 4.41. The van der Waals surface area contributed by atoms with Crippen LogP contribution in [0.4, 0.5) is 0 Å². The summed E-state index contributed by atoms with van der Waals surface area (Å²) in [4.78, 5) is 47.8. The smallest absolute Gasteiger partial charge is 0.303 e. The fourth-order valence-corrected chi connectivity index (χ4v) is 4.08. The Morgan fingerprint density at radius 1 is 0.966 bits per heavy atom. The van der Waals surface area contributed by atoms with E-state index >= 15 is 0 Å². The van der Waals surface area contributed by atoms with Crippen LogP contribution >= 0.6 is 0 Å². The van der Waals surface area contributed by atoms with Gasteiger partial charge in [-0.15, -0.1) is 0 Å². The van der Waals surface area contributed by atoms with Crippen molar-refractivity contribution in [1.82, 2.24) is 5.32 Å². The van der Waals surface area contributed by atoms with Crippen molar-refractivity contribution in [2.45, 2.75) is 57.5 Å². The number of ether oxygens (including phenoxy) is 4. The number of carbonyl (C=O) groups excluding carboxylic acids is 4. The third-order valence-electron chi connectivity index (χ3n) is 5.09. The normalized spacial score (nSPS) is 27.6. The number of amides is 1. The fraction of sp³-hybridized carbons (Fsp3) is 0.500. The van der Waals surface area contributed by atoms with Gasteiger partial charge >= 0.3 is 17.9 Å². The Balaban J connectivity index is 2.08. The summed E-state index contributed by atoms with van der Waals surface area (Å²) < 4.78 is 21.5. The number of hydrogen-bond acceptors (Lipinski definition) is 8. The minimum Gasteiger partial charge on any atom is -0.497 e. The van der Waals surface area contributed by atoms with Gasteiger partial charge in [0.15, 0.2) is 12.2 Å². The molecule has 0 radical (unpaired) electrons. The minimum atomic E-state index is -1.05. The quantitative estimate of drug-likeness (QED) is 0.584. The van der Waals surface area contributed by atoms with Crippen LogP contribution in [0.3, 0.4) is 0 Å². The predicted molar refractivity (Wildman–Crippen MR) is 98.3 cm³/mol. The molecule has 1 N–H and O–H groups in total. The number of nitrogens with one attached hydrogen (secondary N) is 1. The summed E-state index contributed by atoms with van der Waals surface area (Å²) in [5.41, 5.74) is 1.15. The molecule has 1 aromatic carbocycles. The number of fused-ring (bicyclic) bond motifs is 3. The summed E-state index contributed by atoms with van der Waals surface area (Å²) in [6.45, 7) is 3.68. The first kappa shape index (κ1) is 20.6. The maximum atomic E-state index is 12.7. The van der Waals surface area contributed by atoms with E-state index in [-0.39, 0.29) is 18.2 Å². The van der Waals surface area contributed by atoms with Gasteiger partial charge in [-0.05, 0) is 30.2 Å². The second-order valence-corrected chi connectivity index (χ2v) is 7.09. The molecule has 29 heavy (non-hydrogen) atoms. The maximum Gasteiger partial charge on any atom is 0.303 e. The molecule has 0 unspecified atom stereocenters. The molecular weight excluding hydrogens is 382 g/mol. The van der Waals surface area contributed by atoms with Gasteiger partial charge in [0.2, 0.25) is 0 Å². The molecule has 156 valence electrons. The van der Waals surface area contributed by atoms with Gasteiger partial charge in [0.1, 0.15) is 11.9 Å². The summed E-state index contributed by atoms with van der Waals surface area (Å²) in [6.07, 6.45) is -2.66. The van der Waals surface area contributed by atoms with Gasteiger partial charge in [-0.3, -0.25) is 19.2 Å². The highest BCUT2D eigenvalue weighted by Gasteiger charge is 2.53. The molecule has 1 heterocycles. The van der Waals surface area contributed by atoms with Crippen LogP contribution in [0.2, 0.25) is 0 Å². The summed E-state index contributed by atoms with van der Waals surface area (Å²) in [5.74, 6) is -1.91. The summed E-state index contributed by atoms with van der Waals surface area (Å²) >= 11 is 0. The van der Waals surface area contributed by atoms with Crippen molar-refractivity contribution in [3.63, 3.8) is 0 Å². The average Bonchev–Trinajstić information content (AvgIpc) is 2.64. The van der Waals surface area contributed by atoms with Crippen LogP contribution < -0.4 is 10.1 Å². The number of benzene rings is 1. The van der Waals surface area contributed by atoms with Crippen LogP contribution in [0.15, 0.2) is 18.2 Å². The molecule has 1 amide bonds. The lowest BCUT2D eigenvalue weighted by Crippen LogP contribution is -2.63. The van der Waals surface area contributed by atoms with E-state index in [1.54, 1.807) is 18.2 Å². The van der Waals surface area contributed by atoms with Crippen LogP contribution in [-0.2, 0) is 28.6 Å². The SMILES string of the molecule is COc1ccc2c(c1)[C@H]1C[C@H](OC(C)=O)[C@@H](OC(C)=O)[C@@H](OC(C)=O)[C@@H]1NC2=O. The van der Waals surface area contributed by atoms with Crippen LogP contribution in [0, 0.1) is 0 Å². The third-order valence-corrected chi connectivity index (χ3v) is 5.09. The summed E-state index contributed by atoms with van der Waals surface area (Å²) in [7, 11) is 1.52. The van der Waals surface area contributed by atoms with Gasteiger partial charge in [-0.1, -0.05) is 0 Å². The van der Waals surface area contributed by atoms with Gasteiger partial charge < -0.3 is 24.3 Å². The molecule has 0 aromatic heterocycles. The molecule has 0 saturated heterocycles. The highest BCUT2D eigenvalue weighted by atomic mass is 16.6. The average molecular weight is 405 g/mol. The van der Waals surface area contributed by atoms with Gasteiger partial charge in [0.25, 0.3) is 5.91 Å². The second kappa shape index (κ2) is 8.10. The molecule has 1 saturated carbocycles. The highest BCUT2D eigenvalue weighted by molar-refractivity contribution is 5.97. The Morgan fingerprint density at radius 3 is 2.17 bits per heavy atom. The van der Waals surface area contributed by atoms with Crippen LogP contribution in [0.25, 0.3) is 0 Å². The van der Waals surface area contributed by atoms with E-state index < -0.39 is 42.3 Å². The Morgan fingerprint density at radius 2 is 1.59 bits per heavy atom. The van der Waals surface area contributed by atoms with Crippen molar-refractivity contribution < 1.29 is 38.1 Å². The molecule has 1 aromatic rings. The Kier molecular flexibility index (Phi) is 5.76. The van der Waals surface area contributed by atoms with E-state index in [1.165, 1.54) is 27.9 Å². The molecule has 0 bridgehead atoms. The van der Waals surface area contributed by atoms with E-state index in [0.717, 1.165) is 0 Å². The second-order valence-electron chi connectivity index (χ2n) is 7.09. The lowest BCUT2D eigenvalue weighted by atomic mass is 9.72. The lowest BCUT2D eigenvalue weighted by Gasteiger charge is -2.47. The van der Waals surface area contributed by atoms with Crippen LogP contribution in [0.5, 0.6) is 5.75 Å². The monoisotopic (exact) mass is 405 g/mol. The first-order chi connectivity index (χ1) is 13.7. The molecule has 3 rings (SSSR count). The number of esters is 3. The molecule has 1 aliphatic carbocycles. The molecule has 9 nitrogen and oxygen atoms in total. The van der Waals surface area contributed by atoms with Crippen molar-refractivity contribution in [2.24, 2.45) is 0 Å². The maximum absolute atomic E-state index is 12.7. The Labute approximate surface area is 167 Å². The first-order valence-corrected chi connectivity index (χ1v) is 9.21. The molecule has 0 spiro atoms. The van der Waals surface area contributed by atoms with E-state index in [9.17, 15) is 19.2 Å². The van der Waals surface area contributed by atoms with E-state index in [1.807, 2.05) is 0 Å². The minimum absolute atomic E-state index is 0.264. The van der Waals surface area contributed by atoms with Gasteiger partial charge in [-0.2, -0.15) is 0 Å². The molecule has 9 heteroatoms. The van der Waals surface area contributed by atoms with Gasteiger partial charge in [0, 0.05) is 32.3 Å². The zero-order valence-electron chi connectivity index (χ0n) is 16.6. The first-order valence-electron chi connectivity index (χ1n) is 9.21. The molecular formula is C20H23NO8. The fourth-order valence-electron chi connectivity index (χ4n) is 4.08. The molecule has 2 aliphatic rings. The lowest BCUT2D eigenvalue weighted by molar-refractivity contribution is -0.194. The standard InChI is InChI=1S/C20H23NO8/c1-9(22)27-16-8-15-14-7-12(26-4)5-6-13(14)20(25)21-17(15)19(29-11(3)24)18(16)28-10(2)23/h5-7,15-19H,8H2,1-4H3,(H,21,25)/t15-,16+,17-,18-,19+/m1/s1. The van der Waals surface area contributed by atoms with E-state index in [2.05, 4.69) is 5.32 Å². The number of rotatable bonds is 4. The Bertz CT molecular complexity index is 851. The summed E-state index contributed by atoms with van der Waals surface area (Å²) in [5, 5.41) is 2.86. The van der Waals surface area contributed by atoms with Gasteiger partial charge in [0.05, 0.1) is 13.2 Å². The molecule has 1 aliphatic heterocycles. The van der Waals surface area contributed by atoms with Crippen LogP contribution in [-0.4, -0.2) is 55.3 Å². The predicted octanol–water partition coefficient (Wildman–Crippen LogP) is 1.09. The largest absolute Gasteiger partial charge is 0.497 e. The van der Waals surface area contributed by atoms with E-state index in [4.69, 9.17) is 18.9 Å². The van der Waals surface area contributed by atoms with Crippen molar-refractivity contribution >= 4 is 23.8 Å². The number of methoxy groups -OCH3 is 1. The number of hydrogen-bond donors (Lipinski definition) is 1. The zero-order valence-corrected chi connectivity index (χ0v) is 16.6. The van der Waals surface area contributed by atoms with Crippen LogP contribution in [0.1, 0.15) is 49.0 Å². The highest BCUT2D eigenvalue weighted by Crippen LogP contribution is 2.42. The van der Waals surface area contributed by atoms with Gasteiger partial charge in [-0.25, -0.2) is 0 Å².